The molecule has 0 spiro atoms. The number of halogens is 3. The highest BCUT2D eigenvalue weighted by Crippen LogP contribution is 2.31. The molecule has 0 aliphatic carbocycles. The van der Waals surface area contributed by atoms with Gasteiger partial charge >= 0.3 is 12.1 Å². The van der Waals surface area contributed by atoms with E-state index in [-0.39, 0.29) is 24.5 Å². The molecule has 3 rings (SSSR count). The van der Waals surface area contributed by atoms with Gasteiger partial charge in [-0.15, -0.1) is 0 Å². The van der Waals surface area contributed by atoms with Gasteiger partial charge in [0.25, 0.3) is 10.0 Å². The second-order valence-electron chi connectivity index (χ2n) is 6.68. The Morgan fingerprint density at radius 1 is 0.879 bits per heavy atom. The number of nitrogens with one attached hydrogen (secondary N) is 1. The Morgan fingerprint density at radius 2 is 1.42 bits per heavy atom. The predicted octanol–water partition coefficient (Wildman–Crippen LogP) is 4.66. The number of sulfonamides is 1. The molecular weight excluding hydrogens is 463 g/mol. The van der Waals surface area contributed by atoms with Gasteiger partial charge in [0.1, 0.15) is 24.7 Å². The van der Waals surface area contributed by atoms with Crippen molar-refractivity contribution in [1.29, 1.82) is 0 Å². The van der Waals surface area contributed by atoms with E-state index >= 15 is 0 Å². The smallest absolute Gasteiger partial charge is 0.416 e. The van der Waals surface area contributed by atoms with Crippen molar-refractivity contribution in [2.75, 3.05) is 17.9 Å². The van der Waals surface area contributed by atoms with Crippen LogP contribution in [0.5, 0.6) is 11.5 Å². The molecule has 0 amide bonds. The maximum Gasteiger partial charge on any atom is 0.416 e. The van der Waals surface area contributed by atoms with Crippen molar-refractivity contribution in [1.82, 2.24) is 0 Å². The first-order valence-corrected chi connectivity index (χ1v) is 10.9. The lowest BCUT2D eigenvalue weighted by Crippen LogP contribution is -2.14. The Labute approximate surface area is 187 Å². The maximum absolute atomic E-state index is 12.8. The van der Waals surface area contributed by atoms with E-state index in [0.717, 1.165) is 18.2 Å². The molecule has 0 bridgehead atoms. The van der Waals surface area contributed by atoms with Crippen molar-refractivity contribution in [3.63, 3.8) is 0 Å². The minimum Gasteiger partial charge on any atom is -0.490 e. The Balaban J connectivity index is 1.53. The molecule has 0 saturated carbocycles. The molecule has 7 nitrogen and oxygen atoms in total. The third-order valence-corrected chi connectivity index (χ3v) is 5.68. The van der Waals surface area contributed by atoms with Gasteiger partial charge in [-0.3, -0.25) is 4.72 Å². The van der Waals surface area contributed by atoms with Crippen LogP contribution in [-0.4, -0.2) is 32.7 Å². The Hall–Kier alpha value is -3.73. The number of carboxylic acid groups (broad SMARTS) is 1. The standard InChI is InChI=1S/C22H18F3NO6S/c23-22(24,25)16-2-1-3-20(14-16)33(29,30)26-17-6-10-19(11-7-17)32-13-12-31-18-8-4-15(5-9-18)21(27)28/h1-11,14,26H,12-13H2,(H,27,28). The van der Waals surface area contributed by atoms with Crippen LogP contribution in [0.1, 0.15) is 15.9 Å². The summed E-state index contributed by atoms with van der Waals surface area (Å²) in [4.78, 5) is 10.3. The Kier molecular flexibility index (Phi) is 7.12. The molecule has 0 aliphatic rings. The fourth-order valence-electron chi connectivity index (χ4n) is 2.69. The van der Waals surface area contributed by atoms with Crippen LogP contribution in [0.15, 0.2) is 77.7 Å². The summed E-state index contributed by atoms with van der Waals surface area (Å²) < 4.78 is 76.5. The third-order valence-electron chi connectivity index (χ3n) is 4.30. The van der Waals surface area contributed by atoms with Crippen molar-refractivity contribution >= 4 is 21.7 Å². The summed E-state index contributed by atoms with van der Waals surface area (Å²) in [5.41, 5.74) is -0.772. The summed E-state index contributed by atoms with van der Waals surface area (Å²) in [7, 11) is -4.22. The van der Waals surface area contributed by atoms with Crippen molar-refractivity contribution in [3.8, 4) is 11.5 Å². The molecule has 0 saturated heterocycles. The number of anilines is 1. The number of aromatic carboxylic acids is 1. The zero-order valence-electron chi connectivity index (χ0n) is 16.9. The molecule has 0 unspecified atom stereocenters. The van der Waals surface area contributed by atoms with Crippen LogP contribution in [0.25, 0.3) is 0 Å². The van der Waals surface area contributed by atoms with E-state index in [4.69, 9.17) is 14.6 Å². The highest BCUT2D eigenvalue weighted by molar-refractivity contribution is 7.92. The molecule has 3 aromatic rings. The third kappa shape index (κ3) is 6.62. The summed E-state index contributed by atoms with van der Waals surface area (Å²) in [5, 5.41) is 8.86. The summed E-state index contributed by atoms with van der Waals surface area (Å²) in [6.07, 6.45) is -4.66. The lowest BCUT2D eigenvalue weighted by Gasteiger charge is -2.12. The number of benzene rings is 3. The SMILES string of the molecule is O=C(O)c1ccc(OCCOc2ccc(NS(=O)(=O)c3cccc(C(F)(F)F)c3)cc2)cc1. The molecule has 11 heteroatoms. The lowest BCUT2D eigenvalue weighted by atomic mass is 10.2. The number of hydrogen-bond donors (Lipinski definition) is 2. The molecule has 3 aromatic carbocycles. The minimum absolute atomic E-state index is 0.141. The van der Waals surface area contributed by atoms with E-state index in [2.05, 4.69) is 4.72 Å². The molecule has 33 heavy (non-hydrogen) atoms. The van der Waals surface area contributed by atoms with Crippen LogP contribution in [-0.2, 0) is 16.2 Å². The number of rotatable bonds is 9. The molecule has 0 atom stereocenters. The number of hydrogen-bond acceptors (Lipinski definition) is 5. The Morgan fingerprint density at radius 3 is 1.94 bits per heavy atom. The van der Waals surface area contributed by atoms with E-state index in [1.165, 1.54) is 48.5 Å². The summed E-state index contributed by atoms with van der Waals surface area (Å²) in [6.45, 7) is 0.340. The van der Waals surface area contributed by atoms with Gasteiger partial charge in [0.2, 0.25) is 0 Å². The summed E-state index contributed by atoms with van der Waals surface area (Å²) in [5.74, 6) is -0.143. The normalized spacial score (nSPS) is 11.6. The number of carboxylic acids is 1. The summed E-state index contributed by atoms with van der Waals surface area (Å²) in [6, 6.07) is 15.1. The molecule has 0 fully saturated rings. The van der Waals surface area contributed by atoms with Crippen LogP contribution in [0.3, 0.4) is 0 Å². The van der Waals surface area contributed by atoms with E-state index in [1.807, 2.05) is 0 Å². The van der Waals surface area contributed by atoms with Crippen molar-refractivity contribution in [3.05, 3.63) is 83.9 Å². The van der Waals surface area contributed by atoms with Gasteiger partial charge in [0, 0.05) is 5.69 Å². The van der Waals surface area contributed by atoms with E-state index in [9.17, 15) is 26.4 Å². The molecule has 2 N–H and O–H groups in total. The van der Waals surface area contributed by atoms with Crippen molar-refractivity contribution in [2.24, 2.45) is 0 Å². The Bertz CT molecular complexity index is 1210. The first-order chi connectivity index (χ1) is 15.5. The first-order valence-electron chi connectivity index (χ1n) is 9.44. The first kappa shape index (κ1) is 23.9. The van der Waals surface area contributed by atoms with Gasteiger partial charge in [0.15, 0.2) is 0 Å². The van der Waals surface area contributed by atoms with Gasteiger partial charge in [-0.25, -0.2) is 13.2 Å². The minimum atomic E-state index is -4.66. The predicted molar refractivity (Wildman–Crippen MR) is 113 cm³/mol. The number of ether oxygens (including phenoxy) is 2. The van der Waals surface area contributed by atoms with Crippen molar-refractivity contribution < 1.29 is 41.0 Å². The molecule has 0 aromatic heterocycles. The molecule has 0 radical (unpaired) electrons. The molecular formula is C22H18F3NO6S. The van der Waals surface area contributed by atoms with Crippen molar-refractivity contribution in [2.45, 2.75) is 11.1 Å². The van der Waals surface area contributed by atoms with Crippen LogP contribution >= 0.6 is 0 Å². The zero-order chi connectivity index (χ0) is 24.1. The van der Waals surface area contributed by atoms with Gasteiger partial charge < -0.3 is 14.6 Å². The monoisotopic (exact) mass is 481 g/mol. The van der Waals surface area contributed by atoms with Crippen LogP contribution in [0.2, 0.25) is 0 Å². The second-order valence-corrected chi connectivity index (χ2v) is 8.36. The average molecular weight is 481 g/mol. The van der Waals surface area contributed by atoms with Gasteiger partial charge in [-0.2, -0.15) is 13.2 Å². The van der Waals surface area contributed by atoms with Crippen LogP contribution in [0, 0.1) is 0 Å². The van der Waals surface area contributed by atoms with Gasteiger partial charge in [-0.05, 0) is 66.7 Å². The number of carbonyl (C=O) groups is 1. The average Bonchev–Trinajstić information content (AvgIpc) is 2.77. The van der Waals surface area contributed by atoms with E-state index in [0.29, 0.717) is 17.6 Å². The topological polar surface area (TPSA) is 102 Å². The number of alkyl halides is 3. The fraction of sp³-hybridized carbons (Fsp3) is 0.136. The van der Waals surface area contributed by atoms with Gasteiger partial charge in [0.05, 0.1) is 16.0 Å². The maximum atomic E-state index is 12.8. The van der Waals surface area contributed by atoms with Crippen LogP contribution < -0.4 is 14.2 Å². The highest BCUT2D eigenvalue weighted by Gasteiger charge is 2.31. The highest BCUT2D eigenvalue weighted by atomic mass is 32.2. The molecule has 174 valence electrons. The fourth-order valence-corrected chi connectivity index (χ4v) is 3.79. The van der Waals surface area contributed by atoms with Crippen LogP contribution in [0.4, 0.5) is 18.9 Å². The lowest BCUT2D eigenvalue weighted by molar-refractivity contribution is -0.137. The van der Waals surface area contributed by atoms with E-state index < -0.39 is 32.6 Å². The molecule has 0 heterocycles. The summed E-state index contributed by atoms with van der Waals surface area (Å²) >= 11 is 0. The zero-order valence-corrected chi connectivity index (χ0v) is 17.7. The quantitative estimate of drug-likeness (QED) is 0.431. The largest absolute Gasteiger partial charge is 0.490 e. The van der Waals surface area contributed by atoms with E-state index in [1.54, 1.807) is 0 Å². The second kappa shape index (κ2) is 9.82. The van der Waals surface area contributed by atoms with Gasteiger partial charge in [-0.1, -0.05) is 6.07 Å². The molecule has 0 aliphatic heterocycles.